The van der Waals surface area contributed by atoms with Crippen LogP contribution in [0.25, 0.3) is 0 Å². The van der Waals surface area contributed by atoms with Crippen LogP contribution in [0.2, 0.25) is 0 Å². The van der Waals surface area contributed by atoms with Gasteiger partial charge in [-0.1, -0.05) is 40.2 Å². The van der Waals surface area contributed by atoms with E-state index in [1.807, 2.05) is 36.8 Å². The first-order chi connectivity index (χ1) is 9.83. The molecular formula is C16H11BrClN3. The van der Waals surface area contributed by atoms with Gasteiger partial charge in [0, 0.05) is 10.0 Å². The van der Waals surface area contributed by atoms with Crippen LogP contribution in [-0.2, 0) is 0 Å². The molecule has 1 atom stereocenters. The molecule has 0 saturated carbocycles. The number of quaternary nitrogens is 1. The first-order valence-electron chi connectivity index (χ1n) is 6.38. The zero-order chi connectivity index (χ0) is 13.5. The Morgan fingerprint density at radius 2 is 2.05 bits per heavy atom. The van der Waals surface area contributed by atoms with Crippen LogP contribution in [0.15, 0.2) is 86.3 Å². The van der Waals surface area contributed by atoms with Crippen molar-refractivity contribution in [1.82, 2.24) is 0 Å². The molecular weight excluding hydrogens is 350 g/mol. The minimum Gasteiger partial charge on any atom is -1.00 e. The van der Waals surface area contributed by atoms with E-state index < -0.39 is 0 Å². The van der Waals surface area contributed by atoms with Crippen molar-refractivity contribution < 1.29 is 17.3 Å². The van der Waals surface area contributed by atoms with Gasteiger partial charge in [-0.3, -0.25) is 4.99 Å². The molecule has 104 valence electrons. The first-order valence-corrected chi connectivity index (χ1v) is 7.17. The number of hydrogen-bond acceptors (Lipinski definition) is 2. The predicted molar refractivity (Wildman–Crippen MR) is 83.5 cm³/mol. The molecule has 0 aromatic heterocycles. The molecule has 4 rings (SSSR count). The summed E-state index contributed by atoms with van der Waals surface area (Å²) in [7, 11) is 0. The van der Waals surface area contributed by atoms with Crippen molar-refractivity contribution in [2.24, 2.45) is 9.98 Å². The predicted octanol–water partition coefficient (Wildman–Crippen LogP) is -0.638. The molecule has 3 aliphatic rings. The lowest BCUT2D eigenvalue weighted by Crippen LogP contribution is -3.08. The van der Waals surface area contributed by atoms with Crippen LogP contribution in [-0.4, -0.2) is 12.1 Å². The van der Waals surface area contributed by atoms with Crippen LogP contribution < -0.4 is 17.3 Å². The highest BCUT2D eigenvalue weighted by atomic mass is 79.9. The number of nitrogens with one attached hydrogen (secondary N) is 1. The van der Waals surface area contributed by atoms with E-state index in [0.29, 0.717) is 0 Å². The highest BCUT2D eigenvalue weighted by Gasteiger charge is 2.34. The number of fused-ring (bicyclic) bond motifs is 1. The average Bonchev–Trinajstić information content (AvgIpc) is 2.77. The maximum absolute atomic E-state index is 4.84. The molecule has 0 saturated heterocycles. The summed E-state index contributed by atoms with van der Waals surface area (Å²) in [6.07, 6.45) is 11.9. The maximum atomic E-state index is 4.84. The zero-order valence-electron chi connectivity index (χ0n) is 10.9. The van der Waals surface area contributed by atoms with Gasteiger partial charge in [0.15, 0.2) is 5.70 Å². The summed E-state index contributed by atoms with van der Waals surface area (Å²) in [5, 5.41) is 0. The number of nitrogens with zero attached hydrogens (tertiary/aromatic N) is 2. The van der Waals surface area contributed by atoms with Gasteiger partial charge in [-0.05, 0) is 18.2 Å². The quantitative estimate of drug-likeness (QED) is 0.727. The normalized spacial score (nSPS) is 21.5. The third-order valence-electron chi connectivity index (χ3n) is 3.48. The summed E-state index contributed by atoms with van der Waals surface area (Å²) in [6.45, 7) is 0. The summed E-state index contributed by atoms with van der Waals surface area (Å²) in [5.74, 6) is 1.01. The molecule has 1 aromatic rings. The van der Waals surface area contributed by atoms with Crippen LogP contribution in [0, 0.1) is 0 Å². The molecule has 1 aromatic carbocycles. The number of rotatable bonds is 2. The molecule has 0 spiro atoms. The van der Waals surface area contributed by atoms with Crippen LogP contribution in [0.3, 0.4) is 0 Å². The Morgan fingerprint density at radius 1 is 1.19 bits per heavy atom. The first kappa shape index (κ1) is 14.2. The second-order valence-electron chi connectivity index (χ2n) is 4.72. The standard InChI is InChI=1S/C16H10BrN3.ClH/c17-13-6-2-5-12(9-13)16-19-15(11-3-1-4-11)14-10-18-7-8-20(14)16;/h1-10H;1H. The summed E-state index contributed by atoms with van der Waals surface area (Å²) in [5.41, 5.74) is 4.42. The summed E-state index contributed by atoms with van der Waals surface area (Å²) >= 11 is 3.52. The van der Waals surface area contributed by atoms with E-state index in [0.717, 1.165) is 32.2 Å². The van der Waals surface area contributed by atoms with Crippen molar-refractivity contribution in [3.8, 4) is 0 Å². The average molecular weight is 361 g/mol. The number of halogens is 2. The van der Waals surface area contributed by atoms with Crippen LogP contribution in [0.1, 0.15) is 5.56 Å². The molecule has 3 nitrogen and oxygen atoms in total. The highest BCUT2D eigenvalue weighted by Crippen LogP contribution is 2.25. The minimum atomic E-state index is 0. The fourth-order valence-electron chi connectivity index (χ4n) is 2.45. The molecule has 1 N–H and O–H groups in total. The van der Waals surface area contributed by atoms with Crippen molar-refractivity contribution in [2.45, 2.75) is 0 Å². The van der Waals surface area contributed by atoms with E-state index in [9.17, 15) is 0 Å². The Balaban J connectivity index is 0.00000132. The van der Waals surface area contributed by atoms with Gasteiger partial charge in [-0.15, -0.1) is 0 Å². The van der Waals surface area contributed by atoms with Crippen molar-refractivity contribution in [1.29, 1.82) is 0 Å². The molecule has 0 bridgehead atoms. The van der Waals surface area contributed by atoms with Crippen LogP contribution >= 0.6 is 15.9 Å². The lowest BCUT2D eigenvalue weighted by Gasteiger charge is -2.13. The monoisotopic (exact) mass is 359 g/mol. The van der Waals surface area contributed by atoms with Gasteiger partial charge < -0.3 is 12.4 Å². The zero-order valence-corrected chi connectivity index (χ0v) is 13.3. The smallest absolute Gasteiger partial charge is 0.244 e. The van der Waals surface area contributed by atoms with Gasteiger partial charge in [-0.2, -0.15) is 4.99 Å². The van der Waals surface area contributed by atoms with Crippen LogP contribution in [0.4, 0.5) is 0 Å². The van der Waals surface area contributed by atoms with E-state index in [4.69, 9.17) is 4.99 Å². The number of benzene rings is 1. The Labute approximate surface area is 137 Å². The van der Waals surface area contributed by atoms with Gasteiger partial charge in [0.05, 0.1) is 18.0 Å². The number of amidine groups is 1. The topological polar surface area (TPSA) is 29.2 Å². The third-order valence-corrected chi connectivity index (χ3v) is 3.97. The third kappa shape index (κ3) is 2.35. The largest absolute Gasteiger partial charge is 1.00 e. The molecule has 2 aliphatic heterocycles. The molecule has 21 heavy (non-hydrogen) atoms. The molecule has 0 radical (unpaired) electrons. The summed E-state index contributed by atoms with van der Waals surface area (Å²) in [4.78, 5) is 10.2. The number of allylic oxidation sites excluding steroid dienone is 4. The van der Waals surface area contributed by atoms with Gasteiger partial charge in [0.1, 0.15) is 11.9 Å². The second kappa shape index (κ2) is 5.56. The molecule has 1 unspecified atom stereocenters. The fourth-order valence-corrected chi connectivity index (χ4v) is 2.85. The molecule has 0 amide bonds. The molecule has 5 heteroatoms. The van der Waals surface area contributed by atoms with Gasteiger partial charge in [0.2, 0.25) is 5.84 Å². The van der Waals surface area contributed by atoms with E-state index in [1.54, 1.807) is 0 Å². The lowest BCUT2D eigenvalue weighted by atomic mass is 10.0. The van der Waals surface area contributed by atoms with Crippen molar-refractivity contribution in [3.05, 3.63) is 81.9 Å². The number of aliphatic imine (C=N–C) groups is 2. The van der Waals surface area contributed by atoms with Gasteiger partial charge in [0.25, 0.3) is 0 Å². The number of hydrogen-bond donors (Lipinski definition) is 1. The van der Waals surface area contributed by atoms with E-state index in [1.165, 1.54) is 5.57 Å². The molecule has 2 heterocycles. The summed E-state index contributed by atoms with van der Waals surface area (Å²) in [6, 6.07) is 8.23. The van der Waals surface area contributed by atoms with E-state index in [2.05, 4.69) is 45.2 Å². The highest BCUT2D eigenvalue weighted by molar-refractivity contribution is 9.10. The van der Waals surface area contributed by atoms with Crippen molar-refractivity contribution in [2.75, 3.05) is 0 Å². The Hall–Kier alpha value is -1.75. The van der Waals surface area contributed by atoms with Crippen LogP contribution in [0.5, 0.6) is 0 Å². The van der Waals surface area contributed by atoms with Crippen molar-refractivity contribution in [3.63, 3.8) is 0 Å². The lowest BCUT2D eigenvalue weighted by molar-refractivity contribution is -0.689. The molecule has 0 fully saturated rings. The Kier molecular flexibility index (Phi) is 3.76. The Bertz CT molecular complexity index is 784. The molecule has 1 aliphatic carbocycles. The Morgan fingerprint density at radius 3 is 2.76 bits per heavy atom. The second-order valence-corrected chi connectivity index (χ2v) is 5.64. The SMILES string of the molecule is Brc1cccc(C2=NC(C3=CC=C3)=C3C=NC=C[NH+]23)c1.[Cl-]. The van der Waals surface area contributed by atoms with Gasteiger partial charge in [-0.25, -0.2) is 4.90 Å². The minimum absolute atomic E-state index is 0. The van der Waals surface area contributed by atoms with E-state index >= 15 is 0 Å². The van der Waals surface area contributed by atoms with Gasteiger partial charge >= 0.3 is 0 Å². The fraction of sp³-hybridized carbons (Fsp3) is 0. The summed E-state index contributed by atoms with van der Waals surface area (Å²) < 4.78 is 1.06. The van der Waals surface area contributed by atoms with E-state index in [-0.39, 0.29) is 12.4 Å². The van der Waals surface area contributed by atoms with Crippen molar-refractivity contribution >= 4 is 28.0 Å². The maximum Gasteiger partial charge on any atom is 0.244 e.